The van der Waals surface area contributed by atoms with E-state index < -0.39 is 5.60 Å². The first kappa shape index (κ1) is 13.4. The smallest absolute Gasteiger partial charge is 0.255 e. The fraction of sp³-hybridized carbons (Fsp3) is 0.600. The first-order valence-electron chi connectivity index (χ1n) is 7.14. The van der Waals surface area contributed by atoms with Gasteiger partial charge in [-0.2, -0.15) is 0 Å². The van der Waals surface area contributed by atoms with E-state index in [0.29, 0.717) is 17.4 Å². The molecule has 3 rings (SSSR count). The number of aromatic nitrogens is 1. The van der Waals surface area contributed by atoms with Gasteiger partial charge in [-0.05, 0) is 37.7 Å². The van der Waals surface area contributed by atoms with Gasteiger partial charge in [0.05, 0.1) is 18.3 Å². The fourth-order valence-corrected chi connectivity index (χ4v) is 2.97. The minimum atomic E-state index is -0.420. The first-order valence-corrected chi connectivity index (χ1v) is 7.14. The van der Waals surface area contributed by atoms with Crippen LogP contribution in [-0.2, 0) is 0 Å². The third-order valence-electron chi connectivity index (χ3n) is 4.50. The van der Waals surface area contributed by atoms with E-state index in [9.17, 15) is 9.90 Å². The first-order chi connectivity index (χ1) is 9.62. The lowest BCUT2D eigenvalue weighted by Crippen LogP contribution is -2.41. The second-order valence-electron chi connectivity index (χ2n) is 5.76. The Morgan fingerprint density at radius 1 is 1.40 bits per heavy atom. The highest BCUT2D eigenvalue weighted by Crippen LogP contribution is 2.46. The summed E-state index contributed by atoms with van der Waals surface area (Å²) in [5.74, 6) is 0.887. The number of hydrogen-bond donors (Lipinski definition) is 1. The summed E-state index contributed by atoms with van der Waals surface area (Å²) in [4.78, 5) is 18.3. The maximum atomic E-state index is 12.4. The molecule has 20 heavy (non-hydrogen) atoms. The summed E-state index contributed by atoms with van der Waals surface area (Å²) in [5, 5.41) is 10.1. The van der Waals surface area contributed by atoms with Gasteiger partial charge < -0.3 is 14.7 Å². The summed E-state index contributed by atoms with van der Waals surface area (Å²) >= 11 is 0. The van der Waals surface area contributed by atoms with Crippen LogP contribution in [0.15, 0.2) is 18.3 Å². The van der Waals surface area contributed by atoms with Crippen LogP contribution in [0.3, 0.4) is 0 Å². The van der Waals surface area contributed by atoms with Crippen molar-refractivity contribution in [3.8, 4) is 5.88 Å². The maximum Gasteiger partial charge on any atom is 0.255 e. The van der Waals surface area contributed by atoms with Crippen molar-refractivity contribution in [2.24, 2.45) is 5.92 Å². The molecule has 0 unspecified atom stereocenters. The minimum absolute atomic E-state index is 0.0152. The van der Waals surface area contributed by atoms with Crippen molar-refractivity contribution < 1.29 is 14.6 Å². The largest absolute Gasteiger partial charge is 0.481 e. The van der Waals surface area contributed by atoms with Crippen molar-refractivity contribution in [2.45, 2.75) is 31.3 Å². The van der Waals surface area contributed by atoms with Crippen molar-refractivity contribution in [3.63, 3.8) is 0 Å². The van der Waals surface area contributed by atoms with E-state index in [1.54, 1.807) is 25.4 Å². The number of aliphatic hydroxyl groups is 1. The molecule has 1 saturated heterocycles. The number of ether oxygens (including phenoxy) is 1. The quantitative estimate of drug-likeness (QED) is 0.908. The van der Waals surface area contributed by atoms with E-state index in [4.69, 9.17) is 4.74 Å². The van der Waals surface area contributed by atoms with Crippen LogP contribution in [0, 0.1) is 5.92 Å². The number of carbonyl (C=O) groups excluding carboxylic acids is 1. The van der Waals surface area contributed by atoms with Gasteiger partial charge in [0.15, 0.2) is 0 Å². The Morgan fingerprint density at radius 2 is 2.10 bits per heavy atom. The Morgan fingerprint density at radius 3 is 2.60 bits per heavy atom. The van der Waals surface area contributed by atoms with Crippen molar-refractivity contribution in [2.75, 3.05) is 20.2 Å². The monoisotopic (exact) mass is 276 g/mol. The van der Waals surface area contributed by atoms with E-state index in [0.717, 1.165) is 38.8 Å². The summed E-state index contributed by atoms with van der Waals surface area (Å²) in [6.45, 7) is 1.44. The molecule has 0 spiro atoms. The number of likely N-dealkylation sites (tertiary alicyclic amines) is 1. The van der Waals surface area contributed by atoms with Crippen molar-refractivity contribution >= 4 is 5.91 Å². The number of nitrogens with zero attached hydrogens (tertiary/aromatic N) is 2. The molecule has 5 heteroatoms. The zero-order valence-electron chi connectivity index (χ0n) is 11.7. The summed E-state index contributed by atoms with van der Waals surface area (Å²) in [7, 11) is 1.55. The normalized spacial score (nSPS) is 21.6. The lowest BCUT2D eigenvalue weighted by atomic mass is 9.89. The topological polar surface area (TPSA) is 62.7 Å². The van der Waals surface area contributed by atoms with Crippen LogP contribution in [0.2, 0.25) is 0 Å². The molecule has 2 aliphatic rings. The third kappa shape index (κ3) is 2.50. The Bertz CT molecular complexity index is 488. The van der Waals surface area contributed by atoms with Crippen LogP contribution < -0.4 is 4.74 Å². The number of hydrogen-bond acceptors (Lipinski definition) is 4. The molecule has 2 fully saturated rings. The molecule has 108 valence electrons. The molecule has 0 bridgehead atoms. The van der Waals surface area contributed by atoms with Gasteiger partial charge >= 0.3 is 0 Å². The molecule has 2 heterocycles. The number of pyridine rings is 1. The average Bonchev–Trinajstić information content (AvgIpc) is 3.26. The van der Waals surface area contributed by atoms with E-state index in [2.05, 4.69) is 4.98 Å². The van der Waals surface area contributed by atoms with Gasteiger partial charge in [-0.1, -0.05) is 0 Å². The molecule has 1 aromatic heterocycles. The van der Waals surface area contributed by atoms with Gasteiger partial charge in [-0.25, -0.2) is 4.98 Å². The number of amides is 1. The number of methoxy groups -OCH3 is 1. The Kier molecular flexibility index (Phi) is 3.38. The van der Waals surface area contributed by atoms with Crippen LogP contribution in [0.4, 0.5) is 0 Å². The Balaban J connectivity index is 1.60. The Labute approximate surface area is 118 Å². The van der Waals surface area contributed by atoms with Crippen molar-refractivity contribution in [3.05, 3.63) is 23.9 Å². The summed E-state index contributed by atoms with van der Waals surface area (Å²) in [5.41, 5.74) is 0.172. The van der Waals surface area contributed by atoms with Crippen LogP contribution in [0.5, 0.6) is 5.88 Å². The highest BCUT2D eigenvalue weighted by atomic mass is 16.5. The van der Waals surface area contributed by atoms with Crippen LogP contribution in [0.1, 0.15) is 36.0 Å². The lowest BCUT2D eigenvalue weighted by molar-refractivity contribution is 0.0340. The minimum Gasteiger partial charge on any atom is -0.481 e. The van der Waals surface area contributed by atoms with Gasteiger partial charge in [0.25, 0.3) is 5.91 Å². The van der Waals surface area contributed by atoms with E-state index in [1.165, 1.54) is 0 Å². The van der Waals surface area contributed by atoms with E-state index in [1.807, 2.05) is 4.90 Å². The second kappa shape index (κ2) is 5.05. The molecular formula is C15H20N2O3. The molecule has 1 N–H and O–H groups in total. The molecule has 1 aliphatic heterocycles. The predicted molar refractivity (Wildman–Crippen MR) is 73.6 cm³/mol. The molecule has 1 saturated carbocycles. The van der Waals surface area contributed by atoms with Crippen molar-refractivity contribution in [1.29, 1.82) is 0 Å². The molecule has 5 nitrogen and oxygen atoms in total. The average molecular weight is 276 g/mol. The molecule has 1 aliphatic carbocycles. The van der Waals surface area contributed by atoms with Gasteiger partial charge in [-0.15, -0.1) is 0 Å². The maximum absolute atomic E-state index is 12.4. The Hall–Kier alpha value is -1.62. The number of carbonyl (C=O) groups is 1. The molecule has 0 radical (unpaired) electrons. The van der Waals surface area contributed by atoms with E-state index in [-0.39, 0.29) is 5.91 Å². The van der Waals surface area contributed by atoms with E-state index >= 15 is 0 Å². The summed E-state index contributed by atoms with van der Waals surface area (Å²) in [6, 6.07) is 3.45. The van der Waals surface area contributed by atoms with Crippen LogP contribution >= 0.6 is 0 Å². The summed E-state index contributed by atoms with van der Waals surface area (Å²) < 4.78 is 4.99. The number of rotatable bonds is 3. The highest BCUT2D eigenvalue weighted by molar-refractivity contribution is 5.94. The molecule has 0 aromatic carbocycles. The van der Waals surface area contributed by atoms with Crippen LogP contribution in [0.25, 0.3) is 0 Å². The summed E-state index contributed by atoms with van der Waals surface area (Å²) in [6.07, 6.45) is 5.20. The van der Waals surface area contributed by atoms with Gasteiger partial charge in [0, 0.05) is 25.4 Å². The molecular weight excluding hydrogens is 256 g/mol. The predicted octanol–water partition coefficient (Wildman–Crippen LogP) is 1.47. The standard InChI is InChI=1S/C15H20N2O3/c1-20-13-3-2-11(10-16-13)14(18)17-8-4-12(5-9-17)15(19)6-7-15/h2-3,10,12,19H,4-9H2,1H3. The molecule has 0 atom stereocenters. The van der Waals surface area contributed by atoms with Crippen LogP contribution in [-0.4, -0.2) is 46.7 Å². The highest BCUT2D eigenvalue weighted by Gasteiger charge is 2.48. The molecule has 1 amide bonds. The fourth-order valence-electron chi connectivity index (χ4n) is 2.97. The zero-order chi connectivity index (χ0) is 14.2. The van der Waals surface area contributed by atoms with Gasteiger partial charge in [-0.3, -0.25) is 4.79 Å². The third-order valence-corrected chi connectivity index (χ3v) is 4.50. The number of piperidine rings is 1. The van der Waals surface area contributed by atoms with Gasteiger partial charge in [0.1, 0.15) is 0 Å². The lowest BCUT2D eigenvalue weighted by Gasteiger charge is -2.34. The molecule has 1 aromatic rings. The zero-order valence-corrected chi connectivity index (χ0v) is 11.7. The SMILES string of the molecule is COc1ccc(C(=O)N2CCC(C3(O)CC3)CC2)cn1. The van der Waals surface area contributed by atoms with Gasteiger partial charge in [0.2, 0.25) is 5.88 Å². The van der Waals surface area contributed by atoms with Crippen molar-refractivity contribution in [1.82, 2.24) is 9.88 Å². The second-order valence-corrected chi connectivity index (χ2v) is 5.76.